The van der Waals surface area contributed by atoms with Crippen LogP contribution in [0.25, 0.3) is 0 Å². The fraction of sp³-hybridized carbons (Fsp3) is 0.571. The molecule has 2 aromatic rings. The second-order valence-electron chi connectivity index (χ2n) is 8.33. The highest BCUT2D eigenvalue weighted by atomic mass is 32.1. The fourth-order valence-electron chi connectivity index (χ4n) is 3.92. The average molecular weight is 490 g/mol. The van der Waals surface area contributed by atoms with Crippen molar-refractivity contribution in [2.75, 3.05) is 74.6 Å². The molecule has 2 aromatic heterocycles. The van der Waals surface area contributed by atoms with E-state index >= 15 is 0 Å². The summed E-state index contributed by atoms with van der Waals surface area (Å²) in [5.74, 6) is 1.11. The molecule has 4 rings (SSSR count). The molecular weight excluding hydrogens is 458 g/mol. The smallest absolute Gasteiger partial charge is 0.350 e. The van der Waals surface area contributed by atoms with Gasteiger partial charge < -0.3 is 30.5 Å². The lowest BCUT2D eigenvalue weighted by atomic mass is 10.2. The van der Waals surface area contributed by atoms with E-state index in [1.165, 1.54) is 11.3 Å². The first-order valence-electron chi connectivity index (χ1n) is 11.4. The second-order valence-corrected chi connectivity index (χ2v) is 9.33. The fourth-order valence-corrected chi connectivity index (χ4v) is 4.77. The van der Waals surface area contributed by atoms with Crippen LogP contribution in [0.1, 0.15) is 22.3 Å². The summed E-state index contributed by atoms with van der Waals surface area (Å²) in [4.78, 5) is 44.9. The topological polar surface area (TPSA) is 142 Å². The van der Waals surface area contributed by atoms with Crippen LogP contribution in [-0.4, -0.2) is 97.2 Å². The van der Waals surface area contributed by atoms with Crippen LogP contribution in [0.15, 0.2) is 6.07 Å². The molecule has 1 unspecified atom stereocenters. The van der Waals surface area contributed by atoms with Gasteiger partial charge in [0.15, 0.2) is 5.13 Å². The molecule has 4 heterocycles. The Morgan fingerprint density at radius 1 is 1.18 bits per heavy atom. The number of rotatable bonds is 7. The number of hydrogen-bond donors (Lipinski definition) is 3. The Kier molecular flexibility index (Phi) is 7.44. The van der Waals surface area contributed by atoms with Gasteiger partial charge in [0, 0.05) is 51.9 Å². The van der Waals surface area contributed by atoms with Crippen molar-refractivity contribution in [3.05, 3.63) is 16.6 Å². The maximum absolute atomic E-state index is 12.2. The van der Waals surface area contributed by atoms with Crippen molar-refractivity contribution < 1.29 is 14.3 Å². The minimum Gasteiger partial charge on any atom is -0.462 e. The number of anilines is 4. The normalized spacial score (nSPS) is 19.2. The molecule has 0 bridgehead atoms. The van der Waals surface area contributed by atoms with Crippen LogP contribution >= 0.6 is 11.3 Å². The van der Waals surface area contributed by atoms with Crippen LogP contribution < -0.4 is 26.2 Å². The van der Waals surface area contributed by atoms with E-state index in [0.717, 1.165) is 32.0 Å². The number of nitrogens with two attached hydrogens (primary N) is 1. The van der Waals surface area contributed by atoms with E-state index in [-0.39, 0.29) is 5.91 Å². The third kappa shape index (κ3) is 5.54. The van der Waals surface area contributed by atoms with Crippen LogP contribution in [0, 0.1) is 6.92 Å². The molecular formula is C21H31N9O3S. The molecule has 34 heavy (non-hydrogen) atoms. The molecule has 184 valence electrons. The molecule has 0 spiro atoms. The van der Waals surface area contributed by atoms with Crippen LogP contribution in [0.2, 0.25) is 0 Å². The SMILES string of the molecule is CCOC(=O)c1sc(Nc2nc(N3CCN(C)CC3)cc(N3CCNC(C(N)=O)C3)n2)nc1C. The summed E-state index contributed by atoms with van der Waals surface area (Å²) in [6.45, 7) is 9.15. The molecule has 0 aliphatic carbocycles. The highest BCUT2D eigenvalue weighted by Crippen LogP contribution is 2.28. The van der Waals surface area contributed by atoms with Gasteiger partial charge in [-0.3, -0.25) is 10.1 Å². The number of carbonyl (C=O) groups excluding carboxylic acids is 2. The Bertz CT molecular complexity index is 1040. The number of aromatic nitrogens is 3. The predicted octanol–water partition coefficient (Wildman–Crippen LogP) is 0.177. The first kappa shape index (κ1) is 24.1. The zero-order chi connectivity index (χ0) is 24.2. The van der Waals surface area contributed by atoms with E-state index in [1.807, 2.05) is 11.0 Å². The van der Waals surface area contributed by atoms with E-state index in [9.17, 15) is 9.59 Å². The van der Waals surface area contributed by atoms with Crippen molar-refractivity contribution in [2.24, 2.45) is 5.73 Å². The van der Waals surface area contributed by atoms with Crippen molar-refractivity contribution in [3.8, 4) is 0 Å². The molecule has 0 saturated carbocycles. The zero-order valence-corrected chi connectivity index (χ0v) is 20.5. The summed E-state index contributed by atoms with van der Waals surface area (Å²) >= 11 is 1.21. The summed E-state index contributed by atoms with van der Waals surface area (Å²) in [6, 6.07) is 1.51. The summed E-state index contributed by atoms with van der Waals surface area (Å²) in [7, 11) is 2.10. The largest absolute Gasteiger partial charge is 0.462 e. The van der Waals surface area contributed by atoms with Crippen molar-refractivity contribution in [1.82, 2.24) is 25.2 Å². The number of ether oxygens (including phenoxy) is 1. The summed E-state index contributed by atoms with van der Waals surface area (Å²) < 4.78 is 5.12. The van der Waals surface area contributed by atoms with Crippen molar-refractivity contribution in [1.29, 1.82) is 0 Å². The highest BCUT2D eigenvalue weighted by Gasteiger charge is 2.26. The summed E-state index contributed by atoms with van der Waals surface area (Å²) in [5, 5.41) is 6.82. The number of likely N-dealkylation sites (N-methyl/N-ethyl adjacent to an activating group) is 1. The maximum Gasteiger partial charge on any atom is 0.350 e. The van der Waals surface area contributed by atoms with Gasteiger partial charge in [0.05, 0.1) is 12.3 Å². The lowest BCUT2D eigenvalue weighted by Crippen LogP contribution is -2.56. The molecule has 12 nitrogen and oxygen atoms in total. The molecule has 13 heteroatoms. The van der Waals surface area contributed by atoms with Gasteiger partial charge in [-0.25, -0.2) is 9.78 Å². The Hall–Kier alpha value is -3.03. The van der Waals surface area contributed by atoms with Crippen LogP contribution in [-0.2, 0) is 9.53 Å². The van der Waals surface area contributed by atoms with E-state index < -0.39 is 12.0 Å². The van der Waals surface area contributed by atoms with Gasteiger partial charge >= 0.3 is 5.97 Å². The molecule has 2 saturated heterocycles. The molecule has 1 atom stereocenters. The maximum atomic E-state index is 12.2. The molecule has 1 amide bonds. The predicted molar refractivity (Wildman–Crippen MR) is 131 cm³/mol. The van der Waals surface area contributed by atoms with Crippen molar-refractivity contribution in [2.45, 2.75) is 19.9 Å². The Labute approximate surface area is 202 Å². The van der Waals surface area contributed by atoms with Crippen molar-refractivity contribution in [3.63, 3.8) is 0 Å². The van der Waals surface area contributed by atoms with Gasteiger partial charge in [-0.1, -0.05) is 11.3 Å². The Morgan fingerprint density at radius 2 is 1.88 bits per heavy atom. The monoisotopic (exact) mass is 489 g/mol. The number of esters is 1. The quantitative estimate of drug-likeness (QED) is 0.458. The number of carbonyl (C=O) groups is 2. The van der Waals surface area contributed by atoms with Crippen molar-refractivity contribution >= 4 is 45.9 Å². The molecule has 4 N–H and O–H groups in total. The Balaban J connectivity index is 1.63. The lowest BCUT2D eigenvalue weighted by Gasteiger charge is -2.35. The number of aryl methyl sites for hydroxylation is 1. The second kappa shape index (κ2) is 10.5. The number of piperazine rings is 2. The summed E-state index contributed by atoms with van der Waals surface area (Å²) in [6.07, 6.45) is 0. The molecule has 0 radical (unpaired) electrons. The minimum absolute atomic E-state index is 0.301. The van der Waals surface area contributed by atoms with Gasteiger partial charge in [-0.15, -0.1) is 0 Å². The first-order chi connectivity index (χ1) is 16.3. The molecule has 2 fully saturated rings. The lowest BCUT2D eigenvalue weighted by molar-refractivity contribution is -0.120. The third-order valence-corrected chi connectivity index (χ3v) is 6.90. The summed E-state index contributed by atoms with van der Waals surface area (Å²) in [5.41, 5.74) is 6.12. The minimum atomic E-state index is -0.444. The number of amides is 1. The van der Waals surface area contributed by atoms with Gasteiger partial charge in [-0.2, -0.15) is 9.97 Å². The van der Waals surface area contributed by atoms with E-state index in [0.29, 0.717) is 53.7 Å². The standard InChI is InChI=1S/C21H31N9O3S/c1-4-33-19(32)17-13(2)24-21(34-17)27-20-25-15(29-9-7-28(3)8-10-29)11-16(26-20)30-6-5-23-14(12-30)18(22)31/h11,14,23H,4-10,12H2,1-3H3,(H2,22,31)(H,24,25,26,27). The zero-order valence-electron chi connectivity index (χ0n) is 19.7. The average Bonchev–Trinajstić information content (AvgIpc) is 3.19. The number of thiazole rings is 1. The van der Waals surface area contributed by atoms with E-state index in [4.69, 9.17) is 20.4 Å². The number of hydrogen-bond acceptors (Lipinski definition) is 12. The van der Waals surface area contributed by atoms with Crippen LogP contribution in [0.5, 0.6) is 0 Å². The first-order valence-corrected chi connectivity index (χ1v) is 12.2. The third-order valence-electron chi connectivity index (χ3n) is 5.85. The highest BCUT2D eigenvalue weighted by molar-refractivity contribution is 7.17. The number of nitrogens with zero attached hydrogens (tertiary/aromatic N) is 6. The number of primary amides is 1. The van der Waals surface area contributed by atoms with Gasteiger partial charge in [0.25, 0.3) is 0 Å². The van der Waals surface area contributed by atoms with Crippen LogP contribution in [0.4, 0.5) is 22.7 Å². The number of nitrogens with one attached hydrogen (secondary N) is 2. The van der Waals surface area contributed by atoms with Gasteiger partial charge in [0.1, 0.15) is 22.6 Å². The van der Waals surface area contributed by atoms with E-state index in [1.54, 1.807) is 13.8 Å². The van der Waals surface area contributed by atoms with Crippen LogP contribution in [0.3, 0.4) is 0 Å². The van der Waals surface area contributed by atoms with Gasteiger partial charge in [-0.05, 0) is 20.9 Å². The molecule has 0 aromatic carbocycles. The molecule has 2 aliphatic rings. The van der Waals surface area contributed by atoms with E-state index in [2.05, 4.69) is 32.5 Å². The van der Waals surface area contributed by atoms with Gasteiger partial charge in [0.2, 0.25) is 11.9 Å². The Morgan fingerprint density at radius 3 is 2.56 bits per heavy atom. The molecule has 2 aliphatic heterocycles.